The molecule has 1 atom stereocenters. The molecule has 76 valence electrons. The van der Waals surface area contributed by atoms with Crippen molar-refractivity contribution in [2.24, 2.45) is 0 Å². The van der Waals surface area contributed by atoms with E-state index in [9.17, 15) is 4.79 Å². The van der Waals surface area contributed by atoms with Gasteiger partial charge in [-0.3, -0.25) is 4.98 Å². The third-order valence-electron chi connectivity index (χ3n) is 1.61. The van der Waals surface area contributed by atoms with E-state index in [0.29, 0.717) is 0 Å². The van der Waals surface area contributed by atoms with Gasteiger partial charge in [0.15, 0.2) is 0 Å². The highest BCUT2D eigenvalue weighted by Gasteiger charge is 2.40. The zero-order valence-corrected chi connectivity index (χ0v) is 8.36. The molecule has 1 aromatic heterocycles. The van der Waals surface area contributed by atoms with Crippen LogP contribution in [-0.2, 0) is 14.6 Å². The van der Waals surface area contributed by atoms with Crippen molar-refractivity contribution < 1.29 is 14.6 Å². The number of carboxylic acid groups (broad SMARTS) is 1. The molecule has 0 aliphatic carbocycles. The Kier molecular flexibility index (Phi) is 3.43. The molecule has 1 unspecified atom stereocenters. The average Bonchev–Trinajstić information content (AvgIpc) is 2.19. The summed E-state index contributed by atoms with van der Waals surface area (Å²) in [6.07, 6.45) is 1.47. The predicted molar refractivity (Wildman–Crippen MR) is 51.0 cm³/mol. The molecule has 0 aliphatic heterocycles. The summed E-state index contributed by atoms with van der Waals surface area (Å²) in [6, 6.07) is 4.84. The van der Waals surface area contributed by atoms with Gasteiger partial charge in [-0.1, -0.05) is 17.7 Å². The van der Waals surface area contributed by atoms with E-state index < -0.39 is 11.0 Å². The number of aromatic nitrogens is 1. The van der Waals surface area contributed by atoms with Crippen molar-refractivity contribution in [2.75, 3.05) is 6.61 Å². The lowest BCUT2D eigenvalue weighted by molar-refractivity contribution is -0.156. The van der Waals surface area contributed by atoms with Gasteiger partial charge < -0.3 is 9.84 Å². The number of pyridine rings is 1. The zero-order chi connectivity index (χ0) is 10.6. The van der Waals surface area contributed by atoms with E-state index in [1.54, 1.807) is 19.1 Å². The number of hydrogen-bond acceptors (Lipinski definition) is 3. The summed E-state index contributed by atoms with van der Waals surface area (Å²) in [5.41, 5.74) is 0.177. The minimum absolute atomic E-state index is 0.177. The number of aliphatic carboxylic acids is 1. The maximum Gasteiger partial charge on any atom is 0.358 e. The first-order chi connectivity index (χ1) is 6.61. The maximum atomic E-state index is 10.9. The molecule has 5 heteroatoms. The monoisotopic (exact) mass is 215 g/mol. The summed E-state index contributed by atoms with van der Waals surface area (Å²) in [6.45, 7) is 1.87. The third-order valence-corrected chi connectivity index (χ3v) is 2.08. The van der Waals surface area contributed by atoms with Gasteiger partial charge in [-0.15, -0.1) is 0 Å². The van der Waals surface area contributed by atoms with Crippen LogP contribution in [0.1, 0.15) is 12.6 Å². The zero-order valence-electron chi connectivity index (χ0n) is 7.61. The second-order valence-corrected chi connectivity index (χ2v) is 3.08. The van der Waals surface area contributed by atoms with E-state index in [1.165, 1.54) is 12.3 Å². The number of carboxylic acids is 1. The first-order valence-corrected chi connectivity index (χ1v) is 4.47. The second kappa shape index (κ2) is 4.39. The quantitative estimate of drug-likeness (QED) is 0.775. The Morgan fingerprint density at radius 3 is 2.86 bits per heavy atom. The van der Waals surface area contributed by atoms with Gasteiger partial charge in [0.25, 0.3) is 5.06 Å². The minimum atomic E-state index is -1.88. The summed E-state index contributed by atoms with van der Waals surface area (Å²) >= 11 is 5.82. The van der Waals surface area contributed by atoms with E-state index in [4.69, 9.17) is 21.4 Å². The van der Waals surface area contributed by atoms with Crippen LogP contribution in [0.5, 0.6) is 0 Å². The van der Waals surface area contributed by atoms with Crippen molar-refractivity contribution >= 4 is 17.6 Å². The number of nitrogens with zero attached hydrogens (tertiary/aromatic N) is 1. The van der Waals surface area contributed by atoms with Crippen molar-refractivity contribution in [2.45, 2.75) is 12.0 Å². The van der Waals surface area contributed by atoms with Gasteiger partial charge in [0.05, 0.1) is 5.69 Å². The number of carbonyl (C=O) groups is 1. The van der Waals surface area contributed by atoms with E-state index in [0.717, 1.165) is 0 Å². The summed E-state index contributed by atoms with van der Waals surface area (Å²) in [7, 11) is 0. The van der Waals surface area contributed by atoms with Crippen LogP contribution >= 0.6 is 11.6 Å². The van der Waals surface area contributed by atoms with Crippen LogP contribution in [0.2, 0.25) is 0 Å². The Morgan fingerprint density at radius 1 is 1.71 bits per heavy atom. The Bertz CT molecular complexity index is 317. The highest BCUT2D eigenvalue weighted by Crippen LogP contribution is 2.28. The highest BCUT2D eigenvalue weighted by atomic mass is 35.5. The standard InChI is InChI=1S/C9H10ClNO3/c1-2-14-9(10,8(12)13)7-5-3-4-6-11-7/h3-6H,2H2,1H3,(H,12,13). The second-order valence-electron chi connectivity index (χ2n) is 2.55. The average molecular weight is 216 g/mol. The first-order valence-electron chi connectivity index (χ1n) is 4.09. The van der Waals surface area contributed by atoms with Crippen LogP contribution in [0, 0.1) is 0 Å². The number of hydrogen-bond donors (Lipinski definition) is 1. The first kappa shape index (κ1) is 10.9. The number of ether oxygens (including phenoxy) is 1. The van der Waals surface area contributed by atoms with Crippen molar-refractivity contribution in [3.63, 3.8) is 0 Å². The molecular weight excluding hydrogens is 206 g/mol. The van der Waals surface area contributed by atoms with E-state index in [-0.39, 0.29) is 12.3 Å². The highest BCUT2D eigenvalue weighted by molar-refractivity contribution is 6.32. The van der Waals surface area contributed by atoms with Crippen LogP contribution in [0.3, 0.4) is 0 Å². The van der Waals surface area contributed by atoms with Crippen LogP contribution in [0.25, 0.3) is 0 Å². The summed E-state index contributed by atoms with van der Waals surface area (Å²) in [5.74, 6) is -1.26. The van der Waals surface area contributed by atoms with Crippen molar-refractivity contribution in [3.8, 4) is 0 Å². The van der Waals surface area contributed by atoms with Crippen LogP contribution in [-0.4, -0.2) is 22.7 Å². The molecule has 0 radical (unpaired) electrons. The van der Waals surface area contributed by atoms with E-state index >= 15 is 0 Å². The van der Waals surface area contributed by atoms with Crippen molar-refractivity contribution in [1.82, 2.24) is 4.98 Å². The number of halogens is 1. The van der Waals surface area contributed by atoms with Gasteiger partial charge in [0.2, 0.25) is 0 Å². The molecule has 4 nitrogen and oxygen atoms in total. The molecule has 1 rings (SSSR count). The Balaban J connectivity index is 3.06. The fraction of sp³-hybridized carbons (Fsp3) is 0.333. The van der Waals surface area contributed by atoms with E-state index in [1.807, 2.05) is 0 Å². The normalized spacial score (nSPS) is 14.7. The van der Waals surface area contributed by atoms with Crippen LogP contribution < -0.4 is 0 Å². The summed E-state index contributed by atoms with van der Waals surface area (Å²) in [4.78, 5) is 14.8. The molecule has 0 aliphatic rings. The third kappa shape index (κ3) is 2.02. The Labute approximate surface area is 86.5 Å². The molecule has 1 N–H and O–H groups in total. The molecule has 0 saturated carbocycles. The van der Waals surface area contributed by atoms with Crippen molar-refractivity contribution in [1.29, 1.82) is 0 Å². The number of alkyl halides is 1. The molecule has 1 aromatic rings. The molecular formula is C9H10ClNO3. The molecule has 0 amide bonds. The lowest BCUT2D eigenvalue weighted by Crippen LogP contribution is -2.33. The Hall–Kier alpha value is -1.13. The van der Waals surface area contributed by atoms with Crippen molar-refractivity contribution in [3.05, 3.63) is 30.1 Å². The SMILES string of the molecule is CCOC(Cl)(C(=O)O)c1ccccn1. The van der Waals surface area contributed by atoms with Gasteiger partial charge in [-0.25, -0.2) is 4.79 Å². The van der Waals surface area contributed by atoms with Gasteiger partial charge in [-0.2, -0.15) is 0 Å². The topological polar surface area (TPSA) is 59.4 Å². The summed E-state index contributed by atoms with van der Waals surface area (Å²) in [5, 5.41) is 7.04. The van der Waals surface area contributed by atoms with Gasteiger partial charge >= 0.3 is 5.97 Å². The molecule has 0 fully saturated rings. The Morgan fingerprint density at radius 2 is 2.43 bits per heavy atom. The van der Waals surface area contributed by atoms with Crippen LogP contribution in [0.4, 0.5) is 0 Å². The van der Waals surface area contributed by atoms with Gasteiger partial charge in [0, 0.05) is 12.8 Å². The summed E-state index contributed by atoms with van der Waals surface area (Å²) < 4.78 is 4.98. The van der Waals surface area contributed by atoms with E-state index in [2.05, 4.69) is 4.98 Å². The fourth-order valence-electron chi connectivity index (χ4n) is 0.997. The predicted octanol–water partition coefficient (Wildman–Crippen LogP) is 1.59. The fourth-order valence-corrected chi connectivity index (χ4v) is 1.22. The molecule has 14 heavy (non-hydrogen) atoms. The largest absolute Gasteiger partial charge is 0.478 e. The van der Waals surface area contributed by atoms with Crippen LogP contribution in [0.15, 0.2) is 24.4 Å². The van der Waals surface area contributed by atoms with Gasteiger partial charge in [0.1, 0.15) is 0 Å². The minimum Gasteiger partial charge on any atom is -0.478 e. The smallest absolute Gasteiger partial charge is 0.358 e. The lowest BCUT2D eigenvalue weighted by Gasteiger charge is -2.20. The molecule has 1 heterocycles. The maximum absolute atomic E-state index is 10.9. The lowest BCUT2D eigenvalue weighted by atomic mass is 10.2. The molecule has 0 bridgehead atoms. The number of rotatable bonds is 4. The molecule has 0 saturated heterocycles. The van der Waals surface area contributed by atoms with Gasteiger partial charge in [-0.05, 0) is 19.1 Å². The molecule has 0 aromatic carbocycles. The molecule has 0 spiro atoms.